The summed E-state index contributed by atoms with van der Waals surface area (Å²) in [4.78, 5) is 2.92. The van der Waals surface area contributed by atoms with Crippen molar-refractivity contribution in [2.45, 2.75) is 424 Å². The molecule has 114 heavy (non-hydrogen) atoms. The summed E-state index contributed by atoms with van der Waals surface area (Å²) in [5, 5.41) is 0. The molecule has 11 rings (SSSR count). The van der Waals surface area contributed by atoms with Gasteiger partial charge in [0.15, 0.2) is 0 Å². The molecule has 0 saturated carbocycles. The Balaban J connectivity index is 0.889. The molecular weight excluding hydrogens is 1590 g/mol. The monoisotopic (exact) mass is 1730 g/mol. The van der Waals surface area contributed by atoms with Crippen LogP contribution in [0.15, 0.2) is 129 Å². The molecule has 0 saturated heterocycles. The molecule has 0 spiro atoms. The van der Waals surface area contributed by atoms with Crippen LogP contribution in [0.3, 0.4) is 0 Å². The molecule has 6 heteroatoms. The van der Waals surface area contributed by atoms with Crippen molar-refractivity contribution >= 4 is 96.0 Å². The minimum Gasteiger partial charge on any atom is -0.134 e. The molecular formula is C108H152Br2S4. The van der Waals surface area contributed by atoms with Crippen molar-refractivity contribution in [2.75, 3.05) is 0 Å². The Bertz CT molecular complexity index is 3680. The molecule has 0 nitrogen and oxygen atoms in total. The van der Waals surface area contributed by atoms with Crippen molar-refractivity contribution in [3.05, 3.63) is 196 Å². The largest absolute Gasteiger partial charge is 0.134 e. The van der Waals surface area contributed by atoms with Crippen molar-refractivity contribution < 1.29 is 0 Å². The smallest absolute Gasteiger partial charge is 0.0736 e. The first-order valence-corrected chi connectivity index (χ1v) is 53.2. The number of fused-ring (bicyclic) bond motifs is 10. The second kappa shape index (κ2) is 51.2. The van der Waals surface area contributed by atoms with Crippen LogP contribution in [0.5, 0.6) is 0 Å². The maximum Gasteiger partial charge on any atom is 0.0736 e. The van der Waals surface area contributed by atoms with Gasteiger partial charge < -0.3 is 0 Å². The number of hydrogen-bond donors (Lipinski definition) is 0. The topological polar surface area (TPSA) is 0 Å². The van der Waals surface area contributed by atoms with Crippen LogP contribution in [-0.4, -0.2) is 0 Å². The molecule has 2 aliphatic rings. The van der Waals surface area contributed by atoms with Gasteiger partial charge in [-0.25, -0.2) is 0 Å². The first-order chi connectivity index (χ1) is 56.3. The Kier molecular flexibility index (Phi) is 40.9. The van der Waals surface area contributed by atoms with Gasteiger partial charge in [0.05, 0.1) is 27.8 Å². The minimum absolute atomic E-state index is 0.531. The summed E-state index contributed by atoms with van der Waals surface area (Å²) in [6, 6.07) is 51.6. The second-order valence-corrected chi connectivity index (χ2v) is 42.7. The number of aryl methyl sites for hydroxylation is 4. The molecule has 5 aromatic carbocycles. The maximum atomic E-state index is 4.11. The SMILES string of the molecule is CCCCCCCCCCCCCCCCc1ccc(C2(c3ccc(CCCCCCCCCCCCCCCC)cc3)c3cc4c(cc3-c3sc5cc(Br)sc5c32)C(c2ccc(CCCCCCCCCCCCCCCC)cc2)(c2ccc(CCCCCCCCCCCCCCCC)cc2)c2c-4sc3cc(Br)sc23)cc1. The third-order valence-corrected chi connectivity index (χ3v) is 32.6. The van der Waals surface area contributed by atoms with E-state index in [1.54, 1.807) is 0 Å². The lowest BCUT2D eigenvalue weighted by atomic mass is 9.65. The predicted molar refractivity (Wildman–Crippen MR) is 519 cm³/mol. The highest BCUT2D eigenvalue weighted by atomic mass is 79.9. The summed E-state index contributed by atoms with van der Waals surface area (Å²) in [5.41, 5.74) is 19.2. The number of rotatable bonds is 64. The fourth-order valence-corrected chi connectivity index (χ4v) is 26.7. The lowest BCUT2D eigenvalue weighted by Gasteiger charge is -2.36. The Morgan fingerprint density at radius 2 is 0.404 bits per heavy atom. The van der Waals surface area contributed by atoms with Gasteiger partial charge in [0.1, 0.15) is 0 Å². The zero-order chi connectivity index (χ0) is 79.1. The predicted octanol–water partition coefficient (Wildman–Crippen LogP) is 38.6. The molecule has 2 aliphatic carbocycles. The number of benzene rings is 5. The van der Waals surface area contributed by atoms with Crippen LogP contribution < -0.4 is 0 Å². The second-order valence-electron chi connectivity index (χ2n) is 35.7. The summed E-state index contributed by atoms with van der Waals surface area (Å²) < 4.78 is 8.12. The van der Waals surface area contributed by atoms with Gasteiger partial charge in [0.2, 0.25) is 0 Å². The fourth-order valence-electron chi connectivity index (χ4n) is 20.0. The summed E-state index contributed by atoms with van der Waals surface area (Å²) in [6.45, 7) is 9.30. The fraction of sp³-hybridized carbons (Fsp3) is 0.611. The molecule has 0 atom stereocenters. The minimum atomic E-state index is -0.531. The van der Waals surface area contributed by atoms with Gasteiger partial charge >= 0.3 is 0 Å². The molecule has 4 heterocycles. The number of thiophene rings is 4. The van der Waals surface area contributed by atoms with Gasteiger partial charge in [-0.3, -0.25) is 0 Å². The molecule has 0 N–H and O–H groups in total. The maximum absolute atomic E-state index is 4.11. The Labute approximate surface area is 730 Å². The van der Waals surface area contributed by atoms with E-state index in [0.29, 0.717) is 0 Å². The van der Waals surface area contributed by atoms with E-state index < -0.39 is 10.8 Å². The first-order valence-electron chi connectivity index (χ1n) is 48.3. The van der Waals surface area contributed by atoms with E-state index in [9.17, 15) is 0 Å². The van der Waals surface area contributed by atoms with Crippen molar-refractivity contribution in [1.29, 1.82) is 0 Å². The third kappa shape index (κ3) is 25.7. The third-order valence-electron chi connectivity index (χ3n) is 26.7. The highest BCUT2D eigenvalue weighted by Crippen LogP contribution is 2.68. The molecule has 0 unspecified atom stereocenters. The molecule has 0 bridgehead atoms. The van der Waals surface area contributed by atoms with Crippen LogP contribution in [-0.2, 0) is 36.5 Å². The van der Waals surface area contributed by atoms with Crippen LogP contribution in [0.25, 0.3) is 39.7 Å². The normalized spacial score (nSPS) is 13.3. The van der Waals surface area contributed by atoms with Gasteiger partial charge in [-0.1, -0.05) is 459 Å². The lowest BCUT2D eigenvalue weighted by molar-refractivity contribution is 0.535. The first kappa shape index (κ1) is 91.1. The van der Waals surface area contributed by atoms with Gasteiger partial charge in [-0.05, 0) is 174 Å². The molecule has 0 radical (unpaired) electrons. The summed E-state index contributed by atoms with van der Waals surface area (Å²) in [6.07, 6.45) is 82.6. The van der Waals surface area contributed by atoms with Crippen LogP contribution >= 0.6 is 77.2 Å². The highest BCUT2D eigenvalue weighted by molar-refractivity contribution is 9.11. The molecule has 9 aromatic rings. The average Bonchev–Trinajstić information content (AvgIpc) is 1.49. The van der Waals surface area contributed by atoms with Crippen LogP contribution in [0.1, 0.15) is 454 Å². The number of halogens is 2. The molecule has 0 aliphatic heterocycles. The van der Waals surface area contributed by atoms with Crippen molar-refractivity contribution in [1.82, 2.24) is 0 Å². The summed E-state index contributed by atoms with van der Waals surface area (Å²) >= 11 is 16.2. The van der Waals surface area contributed by atoms with Crippen LogP contribution in [0.2, 0.25) is 0 Å². The quantitative estimate of drug-likeness (QED) is 0.0333. The average molecular weight is 1740 g/mol. The zero-order valence-corrected chi connectivity index (χ0v) is 78.8. The van der Waals surface area contributed by atoms with Gasteiger partial charge in [-0.2, -0.15) is 0 Å². The van der Waals surface area contributed by atoms with E-state index >= 15 is 0 Å². The van der Waals surface area contributed by atoms with E-state index in [4.69, 9.17) is 0 Å². The zero-order valence-electron chi connectivity index (χ0n) is 72.4. The van der Waals surface area contributed by atoms with E-state index in [-0.39, 0.29) is 0 Å². The summed E-state index contributed by atoms with van der Waals surface area (Å²) in [5.74, 6) is 0. The van der Waals surface area contributed by atoms with Gasteiger partial charge in [0.25, 0.3) is 0 Å². The van der Waals surface area contributed by atoms with E-state index in [0.717, 1.165) is 25.7 Å². The highest BCUT2D eigenvalue weighted by Gasteiger charge is 2.54. The molecule has 0 amide bonds. The summed E-state index contributed by atoms with van der Waals surface area (Å²) in [7, 11) is 0. The molecule has 0 fully saturated rings. The number of hydrogen-bond acceptors (Lipinski definition) is 4. The molecule has 622 valence electrons. The Morgan fingerprint density at radius 3 is 0.596 bits per heavy atom. The van der Waals surface area contributed by atoms with E-state index in [2.05, 4.69) is 204 Å². The standard InChI is InChI=1S/C108H152Br2S4/c1-5-9-13-17-21-25-29-33-37-41-45-49-53-57-61-85-65-73-89(74-66-85)107(90-75-67-86(68-76-90)62-58-54-50-46-42-38-34-30-26-22-18-14-10-6-2)95-81-94-96(82-93(95)103-101(107)105-97(111-103)83-99(109)113-105)108(102-104(94)112-98-84-100(110)114-106(98)102,91-77-69-87(70-78-91)63-59-55-51-47-43-39-35-31-27-23-19-15-11-7-3)92-79-71-88(72-80-92)64-60-56-52-48-44-40-36-32-28-24-20-16-12-8-4/h65-84H,5-64H2,1-4H3. The van der Waals surface area contributed by atoms with Crippen molar-refractivity contribution in [2.24, 2.45) is 0 Å². The van der Waals surface area contributed by atoms with Crippen molar-refractivity contribution in [3.63, 3.8) is 0 Å². The number of unbranched alkanes of at least 4 members (excludes halogenated alkanes) is 52. The lowest BCUT2D eigenvalue weighted by Crippen LogP contribution is -2.30. The van der Waals surface area contributed by atoms with Crippen LogP contribution in [0, 0.1) is 0 Å². The van der Waals surface area contributed by atoms with E-state index in [1.807, 2.05) is 22.7 Å². The Hall–Kier alpha value is -3.62. The van der Waals surface area contributed by atoms with E-state index in [1.165, 1.54) is 474 Å². The van der Waals surface area contributed by atoms with Crippen molar-refractivity contribution in [3.8, 4) is 20.9 Å². The van der Waals surface area contributed by atoms with Gasteiger partial charge in [0, 0.05) is 30.3 Å². The van der Waals surface area contributed by atoms with Gasteiger partial charge in [-0.15, -0.1) is 45.3 Å². The Morgan fingerprint density at radius 1 is 0.219 bits per heavy atom. The van der Waals surface area contributed by atoms with Crippen LogP contribution in [0.4, 0.5) is 0 Å². The molecule has 4 aromatic heterocycles.